The largest absolute Gasteiger partial charge is 0.0729 e. The molecule has 1 saturated carbocycles. The predicted octanol–water partition coefficient (Wildman–Crippen LogP) is 2.95. The second kappa shape index (κ2) is 5.75. The van der Waals surface area contributed by atoms with E-state index in [-0.39, 0.29) is 0 Å². The zero-order valence-electron chi connectivity index (χ0n) is 10.3. The zero-order valence-corrected chi connectivity index (χ0v) is 10.3. The molecule has 0 amide bonds. The lowest BCUT2D eigenvalue weighted by molar-refractivity contribution is 1.06. The summed E-state index contributed by atoms with van der Waals surface area (Å²) in [5.74, 6) is 1.76. The van der Waals surface area contributed by atoms with Gasteiger partial charge in [-0.15, -0.1) is 0 Å². The van der Waals surface area contributed by atoms with Gasteiger partial charge in [0.15, 0.2) is 0 Å². The van der Waals surface area contributed by atoms with Crippen molar-refractivity contribution < 1.29 is 0 Å². The minimum Gasteiger partial charge on any atom is -0.0729 e. The van der Waals surface area contributed by atoms with E-state index in [4.69, 9.17) is 0 Å². The number of hydrogen-bond donors (Lipinski definition) is 0. The standard InChI is InChI=1S/C11H10.2C2H6/c1-2-4-9-6-11-7-10(11)5-8(9)3-1;2*1-2/h1-6,10-11H,7H2;2*1-2H3. The van der Waals surface area contributed by atoms with E-state index in [0.29, 0.717) is 0 Å². The van der Waals surface area contributed by atoms with Gasteiger partial charge in [-0.05, 0) is 28.7 Å². The molecule has 0 spiro atoms. The maximum atomic E-state index is 2.42. The van der Waals surface area contributed by atoms with Gasteiger partial charge in [0.25, 0.3) is 0 Å². The van der Waals surface area contributed by atoms with Crippen molar-refractivity contribution in [3.05, 3.63) is 34.7 Å². The summed E-state index contributed by atoms with van der Waals surface area (Å²) in [6, 6.07) is 8.65. The van der Waals surface area contributed by atoms with Gasteiger partial charge in [0.05, 0.1) is 0 Å². The van der Waals surface area contributed by atoms with E-state index in [1.165, 1.54) is 16.9 Å². The lowest BCUT2D eigenvalue weighted by atomic mass is 10.1. The molecule has 0 nitrogen and oxygen atoms in total. The van der Waals surface area contributed by atoms with Gasteiger partial charge in [-0.25, -0.2) is 0 Å². The Morgan fingerprint density at radius 2 is 1.20 bits per heavy atom. The van der Waals surface area contributed by atoms with Crippen LogP contribution in [0.5, 0.6) is 0 Å². The van der Waals surface area contributed by atoms with Crippen LogP contribution < -0.4 is 10.4 Å². The molecule has 2 aliphatic carbocycles. The molecule has 2 atom stereocenters. The van der Waals surface area contributed by atoms with Gasteiger partial charge in [0.1, 0.15) is 0 Å². The minimum atomic E-state index is 0.880. The Balaban J connectivity index is 0.000000255. The van der Waals surface area contributed by atoms with E-state index in [1.54, 1.807) is 0 Å². The lowest BCUT2D eigenvalue weighted by Gasteiger charge is -1.96. The SMILES string of the molecule is C1=c2ccccc2=CC2CC12.CC.CC. The smallest absolute Gasteiger partial charge is 0.0155 e. The quantitative estimate of drug-likeness (QED) is 0.607. The molecule has 0 aromatic heterocycles. The van der Waals surface area contributed by atoms with Crippen molar-refractivity contribution >= 4 is 12.2 Å². The molecule has 1 aromatic rings. The van der Waals surface area contributed by atoms with Gasteiger partial charge < -0.3 is 0 Å². The molecular weight excluding hydrogens is 180 g/mol. The molecule has 0 heterocycles. The molecule has 0 heteroatoms. The summed E-state index contributed by atoms with van der Waals surface area (Å²) in [6.45, 7) is 8.00. The van der Waals surface area contributed by atoms with Crippen molar-refractivity contribution in [2.24, 2.45) is 11.8 Å². The molecule has 0 N–H and O–H groups in total. The molecule has 0 bridgehead atoms. The van der Waals surface area contributed by atoms with Crippen molar-refractivity contribution in [3.63, 3.8) is 0 Å². The number of rotatable bonds is 0. The van der Waals surface area contributed by atoms with E-state index < -0.39 is 0 Å². The van der Waals surface area contributed by atoms with Crippen molar-refractivity contribution in [2.75, 3.05) is 0 Å². The van der Waals surface area contributed by atoms with Crippen LogP contribution in [0, 0.1) is 11.8 Å². The minimum absolute atomic E-state index is 0.880. The Kier molecular flexibility index (Phi) is 4.61. The van der Waals surface area contributed by atoms with Crippen LogP contribution in [-0.2, 0) is 0 Å². The van der Waals surface area contributed by atoms with Crippen LogP contribution in [0.15, 0.2) is 24.3 Å². The second-order valence-electron chi connectivity index (χ2n) is 3.53. The van der Waals surface area contributed by atoms with Gasteiger partial charge in [0.2, 0.25) is 0 Å². The summed E-state index contributed by atoms with van der Waals surface area (Å²) >= 11 is 0. The molecule has 0 radical (unpaired) electrons. The fraction of sp³-hybridized carbons (Fsp3) is 0.467. The van der Waals surface area contributed by atoms with Crippen LogP contribution in [0.4, 0.5) is 0 Å². The monoisotopic (exact) mass is 202 g/mol. The Bertz CT molecular complexity index is 361. The van der Waals surface area contributed by atoms with Crippen LogP contribution in [-0.4, -0.2) is 0 Å². The number of hydrogen-bond acceptors (Lipinski definition) is 0. The summed E-state index contributed by atoms with van der Waals surface area (Å²) in [7, 11) is 0. The highest BCUT2D eigenvalue weighted by Gasteiger charge is 2.33. The zero-order chi connectivity index (χ0) is 11.3. The molecule has 0 saturated heterocycles. The molecule has 15 heavy (non-hydrogen) atoms. The number of benzene rings is 1. The Labute approximate surface area is 93.3 Å². The average Bonchev–Trinajstić information content (AvgIpc) is 3.09. The molecular formula is C15H22. The van der Waals surface area contributed by atoms with Crippen molar-refractivity contribution in [1.29, 1.82) is 0 Å². The van der Waals surface area contributed by atoms with Crippen molar-refractivity contribution in [2.45, 2.75) is 34.1 Å². The van der Waals surface area contributed by atoms with Gasteiger partial charge >= 0.3 is 0 Å². The molecule has 1 fully saturated rings. The van der Waals surface area contributed by atoms with E-state index in [0.717, 1.165) is 11.8 Å². The first-order chi connectivity index (χ1) is 7.43. The fourth-order valence-electron chi connectivity index (χ4n) is 1.89. The maximum Gasteiger partial charge on any atom is -0.0155 e. The Morgan fingerprint density at radius 3 is 1.60 bits per heavy atom. The third-order valence-corrected chi connectivity index (χ3v) is 2.67. The summed E-state index contributed by atoms with van der Waals surface area (Å²) in [5.41, 5.74) is 0. The van der Waals surface area contributed by atoms with Gasteiger partial charge in [-0.2, -0.15) is 0 Å². The lowest BCUT2D eigenvalue weighted by Crippen LogP contribution is -2.26. The van der Waals surface area contributed by atoms with Crippen LogP contribution in [0.25, 0.3) is 12.2 Å². The Morgan fingerprint density at radius 1 is 0.800 bits per heavy atom. The van der Waals surface area contributed by atoms with Gasteiger partial charge in [0, 0.05) is 0 Å². The predicted molar refractivity (Wildman–Crippen MR) is 68.9 cm³/mol. The first-order valence-corrected chi connectivity index (χ1v) is 6.22. The molecule has 3 rings (SSSR count). The summed E-state index contributed by atoms with van der Waals surface area (Å²) in [6.07, 6.45) is 6.22. The highest BCUT2D eigenvalue weighted by Crippen LogP contribution is 2.41. The van der Waals surface area contributed by atoms with Crippen molar-refractivity contribution in [3.8, 4) is 0 Å². The first kappa shape index (κ1) is 12.0. The van der Waals surface area contributed by atoms with E-state index in [9.17, 15) is 0 Å². The summed E-state index contributed by atoms with van der Waals surface area (Å²) < 4.78 is 0. The molecule has 2 aliphatic rings. The topological polar surface area (TPSA) is 0 Å². The van der Waals surface area contributed by atoms with Crippen molar-refractivity contribution in [1.82, 2.24) is 0 Å². The summed E-state index contributed by atoms with van der Waals surface area (Å²) in [5, 5.41) is 2.87. The van der Waals surface area contributed by atoms with Crippen LogP contribution in [0.2, 0.25) is 0 Å². The number of fused-ring (bicyclic) bond motifs is 2. The van der Waals surface area contributed by atoms with Crippen LogP contribution >= 0.6 is 0 Å². The first-order valence-electron chi connectivity index (χ1n) is 6.22. The third kappa shape index (κ3) is 2.71. The third-order valence-electron chi connectivity index (χ3n) is 2.67. The van der Waals surface area contributed by atoms with Crippen LogP contribution in [0.1, 0.15) is 34.1 Å². The second-order valence-corrected chi connectivity index (χ2v) is 3.53. The van der Waals surface area contributed by atoms with E-state index in [1.807, 2.05) is 27.7 Å². The molecule has 1 aromatic carbocycles. The van der Waals surface area contributed by atoms with E-state index >= 15 is 0 Å². The Hall–Kier alpha value is -1.04. The van der Waals surface area contributed by atoms with Gasteiger partial charge in [-0.1, -0.05) is 64.1 Å². The maximum absolute atomic E-state index is 2.42. The van der Waals surface area contributed by atoms with E-state index in [2.05, 4.69) is 36.4 Å². The molecule has 0 aliphatic heterocycles. The molecule has 82 valence electrons. The average molecular weight is 202 g/mol. The molecule has 2 unspecified atom stereocenters. The normalized spacial score (nSPS) is 23.5. The highest BCUT2D eigenvalue weighted by molar-refractivity contribution is 5.49. The van der Waals surface area contributed by atoms with Gasteiger partial charge in [-0.3, -0.25) is 0 Å². The van der Waals surface area contributed by atoms with Crippen LogP contribution in [0.3, 0.4) is 0 Å². The fourth-order valence-corrected chi connectivity index (χ4v) is 1.89. The highest BCUT2D eigenvalue weighted by atomic mass is 14.4. The summed E-state index contributed by atoms with van der Waals surface area (Å²) in [4.78, 5) is 0.